The van der Waals surface area contributed by atoms with Crippen molar-refractivity contribution in [2.75, 3.05) is 0 Å². The Balaban J connectivity index is 2.94. The normalized spacial score (nSPS) is 37.0. The van der Waals surface area contributed by atoms with Gasteiger partial charge in [0.25, 0.3) is 0 Å². The van der Waals surface area contributed by atoms with Gasteiger partial charge in [0, 0.05) is 0 Å². The minimum absolute atomic E-state index is 2.16. The Morgan fingerprint density at radius 3 is 1.06 bits per heavy atom. The highest BCUT2D eigenvalue weighted by atomic mass is 31.3. The van der Waals surface area contributed by atoms with Gasteiger partial charge in [0.15, 0.2) is 0 Å². The summed E-state index contributed by atoms with van der Waals surface area (Å²) in [6.45, 7) is 0. The van der Waals surface area contributed by atoms with Crippen molar-refractivity contribution in [2.24, 2.45) is 0 Å². The minimum Gasteiger partial charge on any atom is -0.387 e. The molecule has 21 nitrogen and oxygen atoms in total. The van der Waals surface area contributed by atoms with Gasteiger partial charge in [-0.3, -0.25) is 4.52 Å². The van der Waals surface area contributed by atoms with Crippen LogP contribution in [0.3, 0.4) is 0 Å². The van der Waals surface area contributed by atoms with E-state index in [0.717, 1.165) is 0 Å². The zero-order valence-electron chi connectivity index (χ0n) is 14.7. The smallest absolute Gasteiger partial charge is 0.387 e. The first kappa shape index (κ1) is 30.5. The van der Waals surface area contributed by atoms with E-state index in [0.29, 0.717) is 0 Å². The molecule has 0 aromatic rings. The van der Waals surface area contributed by atoms with Crippen molar-refractivity contribution >= 4 is 39.1 Å². The molecule has 0 amide bonds. The van der Waals surface area contributed by atoms with E-state index in [4.69, 9.17) is 19.6 Å². The Labute approximate surface area is 176 Å². The van der Waals surface area contributed by atoms with Crippen LogP contribution in [-0.2, 0) is 44.6 Å². The molecule has 11 N–H and O–H groups in total. The maximum absolute atomic E-state index is 11.8. The maximum atomic E-state index is 11.8. The summed E-state index contributed by atoms with van der Waals surface area (Å²) in [6.07, 6.45) is -14.0. The van der Waals surface area contributed by atoms with E-state index in [1.54, 1.807) is 0 Å². The molecule has 1 aliphatic rings. The van der Waals surface area contributed by atoms with Crippen LogP contribution in [0.5, 0.6) is 0 Å². The molecular formula is C6H17O21P5. The zero-order chi connectivity index (χ0) is 25.5. The molecule has 0 aromatic heterocycles. The molecule has 0 bridgehead atoms. The molecule has 1 aliphatic carbocycles. The second-order valence-corrected chi connectivity index (χ2v) is 13.3. The summed E-state index contributed by atoms with van der Waals surface area (Å²) < 4.78 is 74.0. The van der Waals surface area contributed by atoms with E-state index in [-0.39, 0.29) is 0 Å². The number of phosphoric acid groups is 5. The fraction of sp³-hybridized carbons (Fsp3) is 1.00. The molecule has 1 rings (SSSR count). The van der Waals surface area contributed by atoms with Crippen LogP contribution < -0.4 is 0 Å². The fourth-order valence-electron chi connectivity index (χ4n) is 2.06. The van der Waals surface area contributed by atoms with Crippen LogP contribution in [-0.4, -0.2) is 91.5 Å². The van der Waals surface area contributed by atoms with Gasteiger partial charge < -0.3 is 54.9 Å². The van der Waals surface area contributed by atoms with Crippen LogP contribution in [0.1, 0.15) is 0 Å². The number of hydrogen-bond acceptors (Lipinski definition) is 15. The third-order valence-electron chi connectivity index (χ3n) is 3.16. The predicted molar refractivity (Wildman–Crippen MR) is 90.6 cm³/mol. The molecule has 0 saturated heterocycles. The van der Waals surface area contributed by atoms with Gasteiger partial charge in [-0.25, -0.2) is 22.8 Å². The largest absolute Gasteiger partial charge is 0.490 e. The second kappa shape index (κ2) is 10.2. The molecular weight excluding hydrogens is 563 g/mol. The van der Waals surface area contributed by atoms with Crippen molar-refractivity contribution in [3.8, 4) is 0 Å². The third-order valence-corrected chi connectivity index (χ3v) is 10.3. The van der Waals surface area contributed by atoms with Gasteiger partial charge in [-0.1, -0.05) is 0 Å². The monoisotopic (exact) mass is 580 g/mol. The third kappa shape index (κ3) is 9.28. The number of aliphatic hydroxyl groups is 5. The standard InChI is InChI=1S/C6H17O21P5/c7-1-2(8)4(10)6(5(11)3(1)9)23-29(15,16)25-31(19,20)27-32(21,22)26-30(17,18)24-28(12,13)14/h1-11H,(H,15,16)(H,17,18)(H,19,20)(H,21,22)(H2,12,13,14)/t1?,2-,3+,4-,5-,6?/m0/s1. The van der Waals surface area contributed by atoms with Gasteiger partial charge in [0.2, 0.25) is 0 Å². The average Bonchev–Trinajstić information content (AvgIpc) is 2.49. The molecule has 1 fully saturated rings. The summed E-state index contributed by atoms with van der Waals surface area (Å²) in [4.78, 5) is 53.5. The van der Waals surface area contributed by atoms with Crippen molar-refractivity contribution < 1.29 is 99.5 Å². The van der Waals surface area contributed by atoms with Crippen molar-refractivity contribution in [1.29, 1.82) is 0 Å². The molecule has 0 heterocycles. The van der Waals surface area contributed by atoms with Gasteiger partial charge in [-0.15, -0.1) is 0 Å². The summed E-state index contributed by atoms with van der Waals surface area (Å²) in [7, 11) is -30.6. The predicted octanol–water partition coefficient (Wildman–Crippen LogP) is -3.25. The molecule has 1 saturated carbocycles. The fourth-order valence-corrected chi connectivity index (χ4v) is 8.14. The van der Waals surface area contributed by atoms with Gasteiger partial charge in [-0.2, -0.15) is 17.2 Å². The quantitative estimate of drug-likeness (QED) is 0.113. The highest BCUT2D eigenvalue weighted by molar-refractivity contribution is 7.71. The summed E-state index contributed by atoms with van der Waals surface area (Å²) >= 11 is 0. The minimum atomic E-state index is -6.32. The van der Waals surface area contributed by atoms with Gasteiger partial charge in [0.1, 0.15) is 36.6 Å². The van der Waals surface area contributed by atoms with E-state index >= 15 is 0 Å². The molecule has 10 atom stereocenters. The average molecular weight is 580 g/mol. The lowest BCUT2D eigenvalue weighted by Crippen LogP contribution is -2.64. The van der Waals surface area contributed by atoms with Crippen LogP contribution in [0, 0.1) is 0 Å². The van der Waals surface area contributed by atoms with Crippen LogP contribution in [0.15, 0.2) is 0 Å². The van der Waals surface area contributed by atoms with Crippen molar-refractivity contribution in [3.63, 3.8) is 0 Å². The van der Waals surface area contributed by atoms with Crippen molar-refractivity contribution in [1.82, 2.24) is 0 Å². The number of phosphoric ester groups is 1. The number of rotatable bonds is 10. The lowest BCUT2D eigenvalue weighted by Gasteiger charge is -2.41. The van der Waals surface area contributed by atoms with E-state index in [2.05, 4.69) is 21.8 Å². The van der Waals surface area contributed by atoms with Gasteiger partial charge in [0.05, 0.1) is 0 Å². The van der Waals surface area contributed by atoms with E-state index in [9.17, 15) is 58.1 Å². The topological polar surface area (TPSA) is 354 Å². The van der Waals surface area contributed by atoms with Crippen molar-refractivity contribution in [3.05, 3.63) is 0 Å². The first-order valence-corrected chi connectivity index (χ1v) is 14.8. The van der Waals surface area contributed by atoms with Crippen LogP contribution in [0.25, 0.3) is 0 Å². The number of aliphatic hydroxyl groups excluding tert-OH is 5. The SMILES string of the molecule is O=P(O)(O)OP(=O)(O)OP(=O)(O)OP(=O)(O)OP(=O)(O)OC1[C@@H](O)[C@H](O)C(O)[C@H](O)[C@@H]1O. The maximum Gasteiger partial charge on any atom is 0.490 e. The Morgan fingerprint density at radius 1 is 0.438 bits per heavy atom. The first-order chi connectivity index (χ1) is 14.0. The summed E-state index contributed by atoms with van der Waals surface area (Å²) in [5, 5.41) is 47.7. The highest BCUT2D eigenvalue weighted by Crippen LogP contribution is 2.73. The Bertz CT molecular complexity index is 892. The van der Waals surface area contributed by atoms with E-state index in [1.807, 2.05) is 0 Å². The molecule has 0 spiro atoms. The molecule has 6 unspecified atom stereocenters. The molecule has 0 aliphatic heterocycles. The highest BCUT2D eigenvalue weighted by Gasteiger charge is 2.53. The van der Waals surface area contributed by atoms with Crippen LogP contribution in [0.2, 0.25) is 0 Å². The molecule has 0 aromatic carbocycles. The zero-order valence-corrected chi connectivity index (χ0v) is 19.2. The first-order valence-electron chi connectivity index (χ1n) is 7.28. The molecule has 0 radical (unpaired) electrons. The lowest BCUT2D eigenvalue weighted by molar-refractivity contribution is -0.219. The molecule has 192 valence electrons. The summed E-state index contributed by atoms with van der Waals surface area (Å²) in [6, 6.07) is 0. The van der Waals surface area contributed by atoms with Crippen LogP contribution in [0.4, 0.5) is 0 Å². The molecule has 26 heteroatoms. The number of hydrogen-bond donors (Lipinski definition) is 11. The Kier molecular flexibility index (Phi) is 9.78. The van der Waals surface area contributed by atoms with Crippen molar-refractivity contribution in [2.45, 2.75) is 36.6 Å². The summed E-state index contributed by atoms with van der Waals surface area (Å²) in [5.74, 6) is 0. The molecule has 32 heavy (non-hydrogen) atoms. The van der Waals surface area contributed by atoms with E-state index < -0.39 is 75.7 Å². The second-order valence-electron chi connectivity index (χ2n) is 5.71. The lowest BCUT2D eigenvalue weighted by atomic mass is 9.85. The Hall–Kier alpha value is 0.510. The van der Waals surface area contributed by atoms with Gasteiger partial charge in [-0.05, 0) is 0 Å². The Morgan fingerprint density at radius 2 is 0.719 bits per heavy atom. The van der Waals surface area contributed by atoms with E-state index in [1.165, 1.54) is 0 Å². The summed E-state index contributed by atoms with van der Waals surface area (Å²) in [5.41, 5.74) is 0. The van der Waals surface area contributed by atoms with Gasteiger partial charge >= 0.3 is 39.1 Å². The van der Waals surface area contributed by atoms with Crippen LogP contribution >= 0.6 is 39.1 Å².